The van der Waals surface area contributed by atoms with Gasteiger partial charge in [-0.1, -0.05) is 0 Å². The Kier molecular flexibility index (Phi) is 6.04. The van der Waals surface area contributed by atoms with E-state index in [4.69, 9.17) is 15.2 Å². The predicted octanol–water partition coefficient (Wildman–Crippen LogP) is 3.07. The number of sulfone groups is 1. The first-order valence-electron chi connectivity index (χ1n) is 10.2. The first kappa shape index (κ1) is 22.4. The summed E-state index contributed by atoms with van der Waals surface area (Å²) in [6.07, 6.45) is 0.957. The third-order valence-electron chi connectivity index (χ3n) is 5.24. The summed E-state index contributed by atoms with van der Waals surface area (Å²) in [5, 5.41) is -0.433. The summed E-state index contributed by atoms with van der Waals surface area (Å²) < 4.78 is 37.0. The molecular formula is C21H30N2O6S. The van der Waals surface area contributed by atoms with E-state index in [1.165, 1.54) is 17.0 Å². The molecule has 30 heavy (non-hydrogen) atoms. The van der Waals surface area contributed by atoms with E-state index in [2.05, 4.69) is 0 Å². The Labute approximate surface area is 177 Å². The lowest BCUT2D eigenvalue weighted by Crippen LogP contribution is -2.39. The van der Waals surface area contributed by atoms with E-state index in [9.17, 15) is 18.0 Å². The van der Waals surface area contributed by atoms with Crippen molar-refractivity contribution in [2.24, 2.45) is 5.92 Å². The van der Waals surface area contributed by atoms with Gasteiger partial charge in [-0.2, -0.15) is 0 Å². The molecule has 1 aliphatic carbocycles. The van der Waals surface area contributed by atoms with Gasteiger partial charge in [0.05, 0.1) is 28.7 Å². The lowest BCUT2D eigenvalue weighted by atomic mass is 9.93. The number of nitrogens with two attached hydrogens (primary N) is 1. The summed E-state index contributed by atoms with van der Waals surface area (Å²) in [5.74, 6) is -1.17. The maximum atomic E-state index is 13.1. The van der Waals surface area contributed by atoms with Crippen molar-refractivity contribution in [1.29, 1.82) is 0 Å². The number of nitrogen functional groups attached to an aromatic ring is 1. The standard InChI is InChI=1S/C21H30N2O6S/c1-5-28-19(24)15-10-11-23(20(25)29-21(2,3)4)18(15)16-12-13(22)6-9-17(16)30(26,27)14-7-8-14/h6,9,12,14-15,18H,5,7-8,10-11,22H2,1-4H3/t15-,18-/m0/s1. The van der Waals surface area contributed by atoms with Gasteiger partial charge in [0.1, 0.15) is 5.60 Å². The van der Waals surface area contributed by atoms with Crippen molar-refractivity contribution in [1.82, 2.24) is 4.90 Å². The van der Waals surface area contributed by atoms with Crippen LogP contribution in [0.2, 0.25) is 0 Å². The lowest BCUT2D eigenvalue weighted by molar-refractivity contribution is -0.148. The van der Waals surface area contributed by atoms with Gasteiger partial charge in [-0.05, 0) is 70.7 Å². The van der Waals surface area contributed by atoms with Gasteiger partial charge in [-0.15, -0.1) is 0 Å². The van der Waals surface area contributed by atoms with Gasteiger partial charge in [0.15, 0.2) is 9.84 Å². The normalized spacial score (nSPS) is 22.1. The molecule has 1 aliphatic heterocycles. The van der Waals surface area contributed by atoms with E-state index in [-0.39, 0.29) is 18.0 Å². The van der Waals surface area contributed by atoms with Gasteiger partial charge >= 0.3 is 12.1 Å². The van der Waals surface area contributed by atoms with Gasteiger partial charge in [0, 0.05) is 12.2 Å². The summed E-state index contributed by atoms with van der Waals surface area (Å²) in [5.41, 5.74) is 5.96. The molecule has 9 heteroatoms. The number of rotatable bonds is 5. The minimum Gasteiger partial charge on any atom is -0.466 e. The molecule has 8 nitrogen and oxygen atoms in total. The van der Waals surface area contributed by atoms with Gasteiger partial charge in [-0.25, -0.2) is 13.2 Å². The highest BCUT2D eigenvalue weighted by Gasteiger charge is 2.47. The molecule has 1 heterocycles. The average molecular weight is 439 g/mol. The van der Waals surface area contributed by atoms with Crippen LogP contribution in [0.25, 0.3) is 0 Å². The fourth-order valence-corrected chi connectivity index (χ4v) is 5.70. The van der Waals surface area contributed by atoms with E-state index in [0.29, 0.717) is 30.5 Å². The van der Waals surface area contributed by atoms with Crippen LogP contribution in [0, 0.1) is 5.92 Å². The molecule has 2 N–H and O–H groups in total. The molecule has 166 valence electrons. The van der Waals surface area contributed by atoms with Crippen LogP contribution in [-0.2, 0) is 24.1 Å². The number of carbonyl (C=O) groups is 2. The fraction of sp³-hybridized carbons (Fsp3) is 0.619. The number of likely N-dealkylation sites (tertiary alicyclic amines) is 1. The third-order valence-corrected chi connectivity index (χ3v) is 7.57. The molecule has 1 saturated heterocycles. The minimum absolute atomic E-state index is 0.119. The quantitative estimate of drug-likeness (QED) is 0.555. The van der Waals surface area contributed by atoms with Crippen LogP contribution in [0.5, 0.6) is 0 Å². The van der Waals surface area contributed by atoms with Crippen molar-refractivity contribution < 1.29 is 27.5 Å². The van der Waals surface area contributed by atoms with Crippen LogP contribution in [0.4, 0.5) is 10.5 Å². The highest BCUT2D eigenvalue weighted by molar-refractivity contribution is 7.92. The van der Waals surface area contributed by atoms with Crippen molar-refractivity contribution in [2.75, 3.05) is 18.9 Å². The van der Waals surface area contributed by atoms with E-state index < -0.39 is 44.7 Å². The van der Waals surface area contributed by atoms with Crippen LogP contribution in [-0.4, -0.2) is 49.4 Å². The van der Waals surface area contributed by atoms with Crippen molar-refractivity contribution >= 4 is 27.6 Å². The molecule has 3 rings (SSSR count). The van der Waals surface area contributed by atoms with Gasteiger partial charge in [-0.3, -0.25) is 4.79 Å². The van der Waals surface area contributed by atoms with Crippen molar-refractivity contribution in [3.63, 3.8) is 0 Å². The Morgan fingerprint density at radius 1 is 1.20 bits per heavy atom. The van der Waals surface area contributed by atoms with Gasteiger partial charge in [0.2, 0.25) is 0 Å². The number of esters is 1. The number of amides is 1. The molecule has 1 aromatic carbocycles. The van der Waals surface area contributed by atoms with E-state index in [1.54, 1.807) is 33.8 Å². The smallest absolute Gasteiger partial charge is 0.410 e. The summed E-state index contributed by atoms with van der Waals surface area (Å²) in [7, 11) is -3.58. The second kappa shape index (κ2) is 8.09. The average Bonchev–Trinajstić information content (AvgIpc) is 3.39. The molecule has 2 aliphatic rings. The maximum Gasteiger partial charge on any atom is 0.410 e. The Bertz CT molecular complexity index is 933. The first-order chi connectivity index (χ1) is 14.0. The first-order valence-corrected chi connectivity index (χ1v) is 11.8. The highest BCUT2D eigenvalue weighted by Crippen LogP contribution is 2.44. The Balaban J connectivity index is 2.10. The van der Waals surface area contributed by atoms with E-state index >= 15 is 0 Å². The highest BCUT2D eigenvalue weighted by atomic mass is 32.2. The molecule has 0 bridgehead atoms. The van der Waals surface area contributed by atoms with E-state index in [1.807, 2.05) is 0 Å². The van der Waals surface area contributed by atoms with Gasteiger partial charge in [0.25, 0.3) is 0 Å². The van der Waals surface area contributed by atoms with Crippen LogP contribution in [0.1, 0.15) is 58.6 Å². The Morgan fingerprint density at radius 3 is 2.43 bits per heavy atom. The van der Waals surface area contributed by atoms with Crippen LogP contribution in [0.3, 0.4) is 0 Å². The summed E-state index contributed by atoms with van der Waals surface area (Å²) in [6, 6.07) is 3.73. The monoisotopic (exact) mass is 438 g/mol. The zero-order chi connectivity index (χ0) is 22.3. The number of anilines is 1. The van der Waals surface area contributed by atoms with Crippen molar-refractivity contribution in [3.8, 4) is 0 Å². The second-order valence-corrected chi connectivity index (χ2v) is 11.0. The SMILES string of the molecule is CCOC(=O)[C@H]1CCN(C(=O)OC(C)(C)C)[C@@H]1c1cc(N)ccc1S(=O)(=O)C1CC1. The molecule has 2 atom stereocenters. The predicted molar refractivity (Wildman–Crippen MR) is 111 cm³/mol. The molecular weight excluding hydrogens is 408 g/mol. The second-order valence-electron chi connectivity index (χ2n) is 8.81. The lowest BCUT2D eigenvalue weighted by Gasteiger charge is -2.31. The number of hydrogen-bond donors (Lipinski definition) is 1. The molecule has 2 fully saturated rings. The molecule has 0 spiro atoms. The number of ether oxygens (including phenoxy) is 2. The number of hydrogen-bond acceptors (Lipinski definition) is 7. The van der Waals surface area contributed by atoms with Crippen LogP contribution < -0.4 is 5.73 Å². The zero-order valence-corrected chi connectivity index (χ0v) is 18.7. The molecule has 0 radical (unpaired) electrons. The minimum atomic E-state index is -3.58. The number of nitrogens with zero attached hydrogens (tertiary/aromatic N) is 1. The van der Waals surface area contributed by atoms with Crippen molar-refractivity contribution in [2.45, 2.75) is 68.7 Å². The topological polar surface area (TPSA) is 116 Å². The maximum absolute atomic E-state index is 13.1. The summed E-state index contributed by atoms with van der Waals surface area (Å²) in [4.78, 5) is 27.2. The molecule has 0 aromatic heterocycles. The van der Waals surface area contributed by atoms with Crippen LogP contribution in [0.15, 0.2) is 23.1 Å². The van der Waals surface area contributed by atoms with Crippen molar-refractivity contribution in [3.05, 3.63) is 23.8 Å². The molecule has 1 amide bonds. The Hall–Kier alpha value is -2.29. The molecule has 1 aromatic rings. The Morgan fingerprint density at radius 2 is 1.87 bits per heavy atom. The zero-order valence-electron chi connectivity index (χ0n) is 17.9. The number of carbonyl (C=O) groups excluding carboxylic acids is 2. The van der Waals surface area contributed by atoms with Gasteiger partial charge < -0.3 is 20.1 Å². The molecule has 1 saturated carbocycles. The number of benzene rings is 1. The third kappa shape index (κ3) is 4.55. The summed E-state index contributed by atoms with van der Waals surface area (Å²) >= 11 is 0. The fourth-order valence-electron chi connectivity index (χ4n) is 3.81. The summed E-state index contributed by atoms with van der Waals surface area (Å²) in [6.45, 7) is 7.41. The van der Waals surface area contributed by atoms with E-state index in [0.717, 1.165) is 0 Å². The largest absolute Gasteiger partial charge is 0.466 e. The molecule has 0 unspecified atom stereocenters. The van der Waals surface area contributed by atoms with Crippen LogP contribution >= 0.6 is 0 Å².